The molecule has 0 aromatic heterocycles. The molecule has 0 bridgehead atoms. The maximum atomic E-state index is 11.0. The Bertz CT molecular complexity index is 309. The van der Waals surface area contributed by atoms with E-state index in [0.717, 1.165) is 18.8 Å². The first-order chi connectivity index (χ1) is 12.2. The summed E-state index contributed by atoms with van der Waals surface area (Å²) in [6.07, 6.45) is 25.0. The molecule has 0 aromatic rings. The van der Waals surface area contributed by atoms with E-state index >= 15 is 0 Å². The van der Waals surface area contributed by atoms with E-state index in [1.54, 1.807) is 0 Å². The first-order valence-corrected chi connectivity index (χ1v) is 11.0. The van der Waals surface area contributed by atoms with Crippen molar-refractivity contribution in [3.8, 4) is 0 Å². The molecule has 0 saturated heterocycles. The van der Waals surface area contributed by atoms with E-state index in [0.29, 0.717) is 6.42 Å². The fourth-order valence-electron chi connectivity index (χ4n) is 3.27. The Morgan fingerprint density at radius 3 is 2.12 bits per heavy atom. The van der Waals surface area contributed by atoms with Gasteiger partial charge in [-0.25, -0.2) is 0 Å². The van der Waals surface area contributed by atoms with Crippen LogP contribution >= 0.6 is 0 Å². The average molecular weight is 353 g/mol. The van der Waals surface area contributed by atoms with Gasteiger partial charge in [-0.15, -0.1) is 0 Å². The Labute approximate surface area is 157 Å². The molecule has 148 valence electrons. The second-order valence-corrected chi connectivity index (χ2v) is 7.42. The first kappa shape index (κ1) is 24.2. The lowest BCUT2D eigenvalue weighted by atomic mass is 9.94. The van der Waals surface area contributed by atoms with Gasteiger partial charge in [-0.05, 0) is 38.0 Å². The summed E-state index contributed by atoms with van der Waals surface area (Å²) in [7, 11) is 1.47. The zero-order valence-electron chi connectivity index (χ0n) is 17.4. The van der Waals surface area contributed by atoms with Gasteiger partial charge in [-0.2, -0.15) is 0 Å². The third-order valence-corrected chi connectivity index (χ3v) is 4.99. The quantitative estimate of drug-likeness (QED) is 0.144. The summed E-state index contributed by atoms with van der Waals surface area (Å²) in [4.78, 5) is 11.0. The lowest BCUT2D eigenvalue weighted by molar-refractivity contribution is -0.140. The van der Waals surface area contributed by atoms with Gasteiger partial charge >= 0.3 is 5.97 Å². The molecule has 0 aliphatic carbocycles. The van der Waals surface area contributed by atoms with Crippen molar-refractivity contribution in [2.75, 3.05) is 7.11 Å². The van der Waals surface area contributed by atoms with E-state index in [4.69, 9.17) is 0 Å². The second-order valence-electron chi connectivity index (χ2n) is 7.42. The molecule has 0 fully saturated rings. The predicted molar refractivity (Wildman–Crippen MR) is 110 cm³/mol. The average Bonchev–Trinajstić information content (AvgIpc) is 2.63. The van der Waals surface area contributed by atoms with Crippen LogP contribution in [0.5, 0.6) is 0 Å². The maximum absolute atomic E-state index is 11.0. The number of hydrogen-bond acceptors (Lipinski definition) is 2. The molecule has 25 heavy (non-hydrogen) atoms. The van der Waals surface area contributed by atoms with Gasteiger partial charge in [0.25, 0.3) is 0 Å². The van der Waals surface area contributed by atoms with E-state index in [1.165, 1.54) is 90.6 Å². The van der Waals surface area contributed by atoms with Crippen LogP contribution in [0.2, 0.25) is 0 Å². The molecule has 2 heteroatoms. The Morgan fingerprint density at radius 2 is 1.40 bits per heavy atom. The van der Waals surface area contributed by atoms with Crippen molar-refractivity contribution in [1.29, 1.82) is 0 Å². The molecule has 0 saturated carbocycles. The highest BCUT2D eigenvalue weighted by atomic mass is 16.5. The normalized spacial score (nSPS) is 12.6. The van der Waals surface area contributed by atoms with E-state index < -0.39 is 0 Å². The molecule has 0 rings (SSSR count). The number of unbranched alkanes of at least 4 members (excludes halogenated alkanes) is 10. The molecule has 2 nitrogen and oxygen atoms in total. The second kappa shape index (κ2) is 19.5. The van der Waals surface area contributed by atoms with Crippen molar-refractivity contribution in [2.45, 2.75) is 117 Å². The molecule has 0 aliphatic heterocycles. The van der Waals surface area contributed by atoms with Gasteiger partial charge in [0, 0.05) is 6.42 Å². The molecule has 1 unspecified atom stereocenters. The van der Waals surface area contributed by atoms with Crippen molar-refractivity contribution in [2.24, 2.45) is 5.92 Å². The van der Waals surface area contributed by atoms with E-state index in [9.17, 15) is 4.79 Å². The van der Waals surface area contributed by atoms with Crippen LogP contribution in [0.4, 0.5) is 0 Å². The van der Waals surface area contributed by atoms with Gasteiger partial charge < -0.3 is 4.74 Å². The number of methoxy groups -OCH3 is 1. The van der Waals surface area contributed by atoms with E-state index in [1.807, 2.05) is 0 Å². The summed E-state index contributed by atoms with van der Waals surface area (Å²) < 4.78 is 4.66. The first-order valence-electron chi connectivity index (χ1n) is 11.0. The topological polar surface area (TPSA) is 26.3 Å². The Hall–Kier alpha value is -0.790. The largest absolute Gasteiger partial charge is 0.469 e. The molecule has 0 radical (unpaired) electrons. The zero-order valence-corrected chi connectivity index (χ0v) is 17.4. The Kier molecular flexibility index (Phi) is 18.9. The number of rotatable bonds is 18. The van der Waals surface area contributed by atoms with Gasteiger partial charge in [0.1, 0.15) is 0 Å². The molecule has 1 atom stereocenters. The van der Waals surface area contributed by atoms with Crippen molar-refractivity contribution in [3.05, 3.63) is 12.2 Å². The minimum absolute atomic E-state index is 0.0756. The zero-order chi connectivity index (χ0) is 18.6. The van der Waals surface area contributed by atoms with Crippen LogP contribution in [0, 0.1) is 5.92 Å². The highest BCUT2D eigenvalue weighted by Crippen LogP contribution is 2.20. The molecule has 0 N–H and O–H groups in total. The number of carbonyl (C=O) groups excluding carboxylic acids is 1. The lowest BCUT2D eigenvalue weighted by Gasteiger charge is -2.12. The van der Waals surface area contributed by atoms with E-state index in [-0.39, 0.29) is 5.97 Å². The summed E-state index contributed by atoms with van der Waals surface area (Å²) in [5.74, 6) is 0.721. The highest BCUT2D eigenvalue weighted by Gasteiger charge is 2.04. The minimum atomic E-state index is -0.0756. The third-order valence-electron chi connectivity index (χ3n) is 4.99. The van der Waals surface area contributed by atoms with Crippen molar-refractivity contribution >= 4 is 5.97 Å². The molecule has 0 aromatic carbocycles. The lowest BCUT2D eigenvalue weighted by Crippen LogP contribution is -1.99. The smallest absolute Gasteiger partial charge is 0.305 e. The summed E-state index contributed by atoms with van der Waals surface area (Å²) in [6.45, 7) is 4.57. The van der Waals surface area contributed by atoms with Crippen LogP contribution in [0.3, 0.4) is 0 Å². The van der Waals surface area contributed by atoms with Gasteiger partial charge in [-0.3, -0.25) is 4.79 Å². The summed E-state index contributed by atoms with van der Waals surface area (Å²) in [6, 6.07) is 0. The number of allylic oxidation sites excluding steroid dienone is 2. The van der Waals surface area contributed by atoms with E-state index in [2.05, 4.69) is 30.7 Å². The molecule has 0 spiro atoms. The number of esters is 1. The fourth-order valence-corrected chi connectivity index (χ4v) is 3.27. The molecule has 0 heterocycles. The van der Waals surface area contributed by atoms with Crippen LogP contribution in [-0.2, 0) is 9.53 Å². The van der Waals surface area contributed by atoms with Gasteiger partial charge in [0.05, 0.1) is 7.11 Å². The maximum Gasteiger partial charge on any atom is 0.305 e. The summed E-state index contributed by atoms with van der Waals surface area (Å²) in [5, 5.41) is 0. The van der Waals surface area contributed by atoms with Gasteiger partial charge in [-0.1, -0.05) is 90.2 Å². The Balaban J connectivity index is 3.73. The SMILES string of the molecule is CCCCCCCCC(/C=C/CCCCCCC(=O)OC)CCCC. The Morgan fingerprint density at radius 1 is 0.800 bits per heavy atom. The van der Waals surface area contributed by atoms with Crippen molar-refractivity contribution in [3.63, 3.8) is 0 Å². The van der Waals surface area contributed by atoms with Crippen molar-refractivity contribution in [1.82, 2.24) is 0 Å². The summed E-state index contributed by atoms with van der Waals surface area (Å²) in [5.41, 5.74) is 0. The van der Waals surface area contributed by atoms with Crippen molar-refractivity contribution < 1.29 is 9.53 Å². The fraction of sp³-hybridized carbons (Fsp3) is 0.870. The van der Waals surface area contributed by atoms with Crippen LogP contribution in [-0.4, -0.2) is 13.1 Å². The number of ether oxygens (including phenoxy) is 1. The molecular formula is C23H44O2. The van der Waals surface area contributed by atoms with Gasteiger partial charge in [0.15, 0.2) is 0 Å². The van der Waals surface area contributed by atoms with Crippen LogP contribution < -0.4 is 0 Å². The predicted octanol–water partition coefficient (Wildman–Crippen LogP) is 7.61. The van der Waals surface area contributed by atoms with Crippen LogP contribution in [0.1, 0.15) is 117 Å². The molecular weight excluding hydrogens is 308 g/mol. The minimum Gasteiger partial charge on any atom is -0.469 e. The number of carbonyl (C=O) groups is 1. The summed E-state index contributed by atoms with van der Waals surface area (Å²) >= 11 is 0. The van der Waals surface area contributed by atoms with Crippen LogP contribution in [0.25, 0.3) is 0 Å². The molecule has 0 aliphatic rings. The van der Waals surface area contributed by atoms with Gasteiger partial charge in [0.2, 0.25) is 0 Å². The highest BCUT2D eigenvalue weighted by molar-refractivity contribution is 5.68. The molecule has 0 amide bonds. The van der Waals surface area contributed by atoms with Crippen LogP contribution in [0.15, 0.2) is 12.2 Å². The monoisotopic (exact) mass is 352 g/mol. The standard InChI is InChI=1S/C23H44O2/c1-4-6-8-9-12-15-19-22(18-7-5-2)20-16-13-10-11-14-17-21-23(24)25-3/h16,20,22H,4-15,17-19,21H2,1-3H3/b20-16+. The number of hydrogen-bond donors (Lipinski definition) is 0. The third kappa shape index (κ3) is 17.8.